The number of amides is 3. The lowest BCUT2D eigenvalue weighted by Crippen LogP contribution is -2.58. The number of nitrogens with one attached hydrogen (secondary N) is 1. The Kier molecular flexibility index (Phi) is 4.50. The molecule has 0 aromatic heterocycles. The van der Waals surface area contributed by atoms with E-state index in [1.54, 1.807) is 16.7 Å². The van der Waals surface area contributed by atoms with Crippen LogP contribution in [0.5, 0.6) is 0 Å². The van der Waals surface area contributed by atoms with Crippen molar-refractivity contribution in [3.8, 4) is 0 Å². The fourth-order valence-corrected chi connectivity index (χ4v) is 3.55. The second-order valence-corrected chi connectivity index (χ2v) is 6.65. The fourth-order valence-electron chi connectivity index (χ4n) is 3.55. The number of rotatable bonds is 2. The third kappa shape index (κ3) is 3.24. The second-order valence-electron chi connectivity index (χ2n) is 6.65. The normalized spacial score (nSPS) is 17.2. The molecular formula is C22H21N3O2. The highest BCUT2D eigenvalue weighted by atomic mass is 16.2. The van der Waals surface area contributed by atoms with E-state index in [9.17, 15) is 9.59 Å². The van der Waals surface area contributed by atoms with E-state index in [4.69, 9.17) is 0 Å². The van der Waals surface area contributed by atoms with Crippen LogP contribution < -0.4 is 10.2 Å². The molecule has 3 aromatic rings. The Morgan fingerprint density at radius 1 is 0.926 bits per heavy atom. The first-order valence-corrected chi connectivity index (χ1v) is 9.07. The van der Waals surface area contributed by atoms with Gasteiger partial charge in [0, 0.05) is 24.2 Å². The molecule has 0 radical (unpaired) electrons. The minimum Gasteiger partial charge on any atom is -0.311 e. The van der Waals surface area contributed by atoms with E-state index in [1.165, 1.54) is 0 Å². The lowest BCUT2D eigenvalue weighted by Gasteiger charge is -2.39. The van der Waals surface area contributed by atoms with E-state index >= 15 is 0 Å². The standard InChI is InChI=1S/C22H21N3O2/c1-16-21(26)25(20-13-7-9-17-8-5-6-12-19(17)20)15-14-24(16)22(27)23-18-10-3-2-4-11-18/h2-13,16H,14-15H2,1H3,(H,23,27)/t16-/m1/s1. The third-order valence-electron chi connectivity index (χ3n) is 5.00. The van der Waals surface area contributed by atoms with Gasteiger partial charge < -0.3 is 15.1 Å². The summed E-state index contributed by atoms with van der Waals surface area (Å²) in [5.41, 5.74) is 1.62. The van der Waals surface area contributed by atoms with Crippen LogP contribution in [0.1, 0.15) is 6.92 Å². The number of piperazine rings is 1. The van der Waals surface area contributed by atoms with Gasteiger partial charge in [0.2, 0.25) is 5.91 Å². The molecule has 0 unspecified atom stereocenters. The highest BCUT2D eigenvalue weighted by Crippen LogP contribution is 2.29. The van der Waals surface area contributed by atoms with Gasteiger partial charge in [-0.3, -0.25) is 4.79 Å². The number of fused-ring (bicyclic) bond motifs is 1. The lowest BCUT2D eigenvalue weighted by molar-refractivity contribution is -0.123. The van der Waals surface area contributed by atoms with Crippen molar-refractivity contribution in [2.75, 3.05) is 23.3 Å². The molecule has 1 atom stereocenters. The number of carbonyl (C=O) groups is 2. The summed E-state index contributed by atoms with van der Waals surface area (Å²) in [6.45, 7) is 2.73. The van der Waals surface area contributed by atoms with Crippen LogP contribution in [0.15, 0.2) is 72.8 Å². The zero-order valence-corrected chi connectivity index (χ0v) is 15.1. The first-order valence-electron chi connectivity index (χ1n) is 9.07. The number of carbonyl (C=O) groups excluding carboxylic acids is 2. The maximum atomic E-state index is 13.0. The van der Waals surface area contributed by atoms with E-state index in [1.807, 2.05) is 72.8 Å². The first kappa shape index (κ1) is 17.1. The van der Waals surface area contributed by atoms with Crippen molar-refractivity contribution < 1.29 is 9.59 Å². The molecule has 3 aromatic carbocycles. The van der Waals surface area contributed by atoms with Crippen molar-refractivity contribution in [1.82, 2.24) is 4.90 Å². The number of hydrogen-bond donors (Lipinski definition) is 1. The number of nitrogens with zero attached hydrogens (tertiary/aromatic N) is 2. The van der Waals surface area contributed by atoms with Gasteiger partial charge in [-0.25, -0.2) is 4.79 Å². The van der Waals surface area contributed by atoms with E-state index in [2.05, 4.69) is 5.32 Å². The zero-order chi connectivity index (χ0) is 18.8. The number of hydrogen-bond acceptors (Lipinski definition) is 2. The van der Waals surface area contributed by atoms with Crippen LogP contribution in [0.2, 0.25) is 0 Å². The molecule has 4 rings (SSSR count). The molecule has 5 heteroatoms. The first-order chi connectivity index (χ1) is 13.1. The maximum Gasteiger partial charge on any atom is 0.322 e. The second kappa shape index (κ2) is 7.11. The number of para-hydroxylation sites is 1. The molecule has 0 saturated carbocycles. The molecule has 1 aliphatic rings. The lowest BCUT2D eigenvalue weighted by atomic mass is 10.1. The van der Waals surface area contributed by atoms with Crippen LogP contribution in [0.4, 0.5) is 16.2 Å². The maximum absolute atomic E-state index is 13.0. The van der Waals surface area contributed by atoms with Gasteiger partial charge in [0.1, 0.15) is 6.04 Å². The average molecular weight is 359 g/mol. The molecule has 1 fully saturated rings. The molecule has 5 nitrogen and oxygen atoms in total. The summed E-state index contributed by atoms with van der Waals surface area (Å²) >= 11 is 0. The van der Waals surface area contributed by atoms with E-state index in [-0.39, 0.29) is 11.9 Å². The fraction of sp³-hybridized carbons (Fsp3) is 0.182. The Hall–Kier alpha value is -3.34. The predicted octanol–water partition coefficient (Wildman–Crippen LogP) is 4.11. The monoisotopic (exact) mass is 359 g/mol. The summed E-state index contributed by atoms with van der Waals surface area (Å²) in [6, 6.07) is 22.5. The van der Waals surface area contributed by atoms with Crippen LogP contribution in [0, 0.1) is 0 Å². The van der Waals surface area contributed by atoms with E-state index < -0.39 is 6.04 Å². The van der Waals surface area contributed by atoms with Crippen LogP contribution >= 0.6 is 0 Å². The number of anilines is 2. The molecule has 1 saturated heterocycles. The Morgan fingerprint density at radius 3 is 2.44 bits per heavy atom. The van der Waals surface area contributed by atoms with E-state index in [0.717, 1.165) is 22.1 Å². The predicted molar refractivity (Wildman–Crippen MR) is 108 cm³/mol. The van der Waals surface area contributed by atoms with Crippen molar-refractivity contribution in [3.63, 3.8) is 0 Å². The van der Waals surface area contributed by atoms with Crippen LogP contribution in [0.3, 0.4) is 0 Å². The summed E-state index contributed by atoms with van der Waals surface area (Å²) in [4.78, 5) is 29.0. The molecule has 27 heavy (non-hydrogen) atoms. The third-order valence-corrected chi connectivity index (χ3v) is 5.00. The molecule has 0 spiro atoms. The smallest absolute Gasteiger partial charge is 0.311 e. The van der Waals surface area contributed by atoms with Crippen molar-refractivity contribution in [1.29, 1.82) is 0 Å². The van der Waals surface area contributed by atoms with E-state index in [0.29, 0.717) is 13.1 Å². The highest BCUT2D eigenvalue weighted by molar-refractivity contribution is 6.07. The van der Waals surface area contributed by atoms with Crippen molar-refractivity contribution in [3.05, 3.63) is 72.8 Å². The summed E-state index contributed by atoms with van der Waals surface area (Å²) in [5.74, 6) is -0.0687. The zero-order valence-electron chi connectivity index (χ0n) is 15.1. The van der Waals surface area contributed by atoms with Crippen LogP contribution in [0.25, 0.3) is 10.8 Å². The Labute approximate surface area is 158 Å². The number of urea groups is 1. The molecule has 0 bridgehead atoms. The van der Waals surface area contributed by atoms with Gasteiger partial charge in [0.15, 0.2) is 0 Å². The molecule has 1 heterocycles. The Morgan fingerprint density at radius 2 is 1.63 bits per heavy atom. The van der Waals surface area contributed by atoms with Gasteiger partial charge in [-0.2, -0.15) is 0 Å². The minimum atomic E-state index is -0.526. The summed E-state index contributed by atoms with van der Waals surface area (Å²) in [6.07, 6.45) is 0. The van der Waals surface area contributed by atoms with Crippen molar-refractivity contribution >= 4 is 34.1 Å². The topological polar surface area (TPSA) is 52.7 Å². The van der Waals surface area contributed by atoms with Crippen LogP contribution in [-0.4, -0.2) is 36.0 Å². The quantitative estimate of drug-likeness (QED) is 0.749. The average Bonchev–Trinajstić information content (AvgIpc) is 2.70. The highest BCUT2D eigenvalue weighted by Gasteiger charge is 2.35. The molecule has 1 N–H and O–H groups in total. The molecule has 3 amide bonds. The van der Waals surface area contributed by atoms with Gasteiger partial charge in [-0.1, -0.05) is 54.6 Å². The van der Waals surface area contributed by atoms with Crippen molar-refractivity contribution in [2.24, 2.45) is 0 Å². The summed E-state index contributed by atoms with van der Waals surface area (Å²) < 4.78 is 0. The van der Waals surface area contributed by atoms with Crippen molar-refractivity contribution in [2.45, 2.75) is 13.0 Å². The molecule has 1 aliphatic heterocycles. The van der Waals surface area contributed by atoms with Gasteiger partial charge in [-0.15, -0.1) is 0 Å². The molecular weight excluding hydrogens is 338 g/mol. The SMILES string of the molecule is C[C@@H]1C(=O)N(c2cccc3ccccc23)CCN1C(=O)Nc1ccccc1. The summed E-state index contributed by atoms with van der Waals surface area (Å²) in [5, 5.41) is 5.00. The Balaban J connectivity index is 1.55. The largest absolute Gasteiger partial charge is 0.322 e. The number of benzene rings is 3. The van der Waals surface area contributed by atoms with Gasteiger partial charge in [-0.05, 0) is 30.5 Å². The van der Waals surface area contributed by atoms with Gasteiger partial charge >= 0.3 is 6.03 Å². The van der Waals surface area contributed by atoms with Gasteiger partial charge in [0.25, 0.3) is 0 Å². The molecule has 0 aliphatic carbocycles. The Bertz CT molecular complexity index is 982. The van der Waals surface area contributed by atoms with Gasteiger partial charge in [0.05, 0.1) is 5.69 Å². The minimum absolute atomic E-state index is 0.0687. The van der Waals surface area contributed by atoms with Crippen LogP contribution in [-0.2, 0) is 4.79 Å². The summed E-state index contributed by atoms with van der Waals surface area (Å²) in [7, 11) is 0. The molecule has 136 valence electrons.